The standard InChI is InChI=1S/C11H23NO/c1-2-3-4-6-9-12-10-7-5-8-11-13/h2,12-13H,1,3-11H2. The molecular formula is C11H23NO. The van der Waals surface area contributed by atoms with Gasteiger partial charge < -0.3 is 10.4 Å². The van der Waals surface area contributed by atoms with Crippen LogP contribution in [0.25, 0.3) is 0 Å². The lowest BCUT2D eigenvalue weighted by molar-refractivity contribution is 0.283. The molecule has 0 saturated heterocycles. The van der Waals surface area contributed by atoms with E-state index in [1.165, 1.54) is 19.3 Å². The highest BCUT2D eigenvalue weighted by molar-refractivity contribution is 4.65. The van der Waals surface area contributed by atoms with E-state index in [1.807, 2.05) is 6.08 Å². The Morgan fingerprint density at radius 3 is 2.31 bits per heavy atom. The molecule has 0 aromatic rings. The van der Waals surface area contributed by atoms with Crippen molar-refractivity contribution in [3.05, 3.63) is 12.7 Å². The Morgan fingerprint density at radius 1 is 1.00 bits per heavy atom. The molecule has 0 bridgehead atoms. The summed E-state index contributed by atoms with van der Waals surface area (Å²) < 4.78 is 0. The lowest BCUT2D eigenvalue weighted by Crippen LogP contribution is -2.16. The second kappa shape index (κ2) is 11.7. The number of allylic oxidation sites excluding steroid dienone is 1. The van der Waals surface area contributed by atoms with Gasteiger partial charge in [-0.15, -0.1) is 6.58 Å². The van der Waals surface area contributed by atoms with Crippen molar-refractivity contribution in [3.8, 4) is 0 Å². The number of hydrogen-bond donors (Lipinski definition) is 2. The number of rotatable bonds is 10. The van der Waals surface area contributed by atoms with Gasteiger partial charge in [0.1, 0.15) is 0 Å². The van der Waals surface area contributed by atoms with Crippen molar-refractivity contribution in [2.75, 3.05) is 19.7 Å². The molecule has 0 heterocycles. The fraction of sp³-hybridized carbons (Fsp3) is 0.818. The van der Waals surface area contributed by atoms with Gasteiger partial charge in [0.05, 0.1) is 0 Å². The average molecular weight is 185 g/mol. The van der Waals surface area contributed by atoms with Crippen LogP contribution in [-0.4, -0.2) is 24.8 Å². The fourth-order valence-corrected chi connectivity index (χ4v) is 1.20. The minimum Gasteiger partial charge on any atom is -0.396 e. The zero-order valence-corrected chi connectivity index (χ0v) is 8.60. The minimum atomic E-state index is 0.333. The third-order valence-corrected chi connectivity index (χ3v) is 2.02. The fourth-order valence-electron chi connectivity index (χ4n) is 1.20. The van der Waals surface area contributed by atoms with Gasteiger partial charge in [-0.3, -0.25) is 0 Å². The average Bonchev–Trinajstić information content (AvgIpc) is 2.16. The molecule has 0 aliphatic carbocycles. The van der Waals surface area contributed by atoms with E-state index in [1.54, 1.807) is 0 Å². The predicted octanol–water partition coefficient (Wildman–Crippen LogP) is 2.09. The molecule has 0 fully saturated rings. The third kappa shape index (κ3) is 11.7. The molecule has 0 radical (unpaired) electrons. The van der Waals surface area contributed by atoms with Gasteiger partial charge in [0.15, 0.2) is 0 Å². The Morgan fingerprint density at radius 2 is 1.69 bits per heavy atom. The number of unbranched alkanes of at least 4 members (excludes halogenated alkanes) is 4. The molecule has 0 aromatic carbocycles. The summed E-state index contributed by atoms with van der Waals surface area (Å²) in [6.07, 6.45) is 8.85. The number of aliphatic hydroxyl groups is 1. The van der Waals surface area contributed by atoms with Crippen molar-refractivity contribution in [2.45, 2.75) is 38.5 Å². The maximum absolute atomic E-state index is 8.54. The number of nitrogens with one attached hydrogen (secondary N) is 1. The highest BCUT2D eigenvalue weighted by atomic mass is 16.2. The van der Waals surface area contributed by atoms with Crippen molar-refractivity contribution in [2.24, 2.45) is 0 Å². The topological polar surface area (TPSA) is 32.3 Å². The Bertz CT molecular complexity index is 104. The van der Waals surface area contributed by atoms with Crippen molar-refractivity contribution in [3.63, 3.8) is 0 Å². The van der Waals surface area contributed by atoms with Gasteiger partial charge in [-0.05, 0) is 51.6 Å². The summed E-state index contributed by atoms with van der Waals surface area (Å²) in [5.41, 5.74) is 0. The zero-order chi connectivity index (χ0) is 9.78. The van der Waals surface area contributed by atoms with Gasteiger partial charge in [-0.25, -0.2) is 0 Å². The largest absolute Gasteiger partial charge is 0.396 e. The summed E-state index contributed by atoms with van der Waals surface area (Å²) in [4.78, 5) is 0. The molecule has 0 rings (SSSR count). The quantitative estimate of drug-likeness (QED) is 0.403. The Kier molecular flexibility index (Phi) is 11.4. The normalized spacial score (nSPS) is 10.2. The van der Waals surface area contributed by atoms with Crippen molar-refractivity contribution >= 4 is 0 Å². The minimum absolute atomic E-state index is 0.333. The summed E-state index contributed by atoms with van der Waals surface area (Å²) >= 11 is 0. The van der Waals surface area contributed by atoms with E-state index in [9.17, 15) is 0 Å². The van der Waals surface area contributed by atoms with Gasteiger partial charge >= 0.3 is 0 Å². The molecule has 0 saturated carbocycles. The summed E-state index contributed by atoms with van der Waals surface area (Å²) in [5.74, 6) is 0. The van der Waals surface area contributed by atoms with Crippen LogP contribution in [-0.2, 0) is 0 Å². The molecule has 2 nitrogen and oxygen atoms in total. The van der Waals surface area contributed by atoms with Crippen LogP contribution in [0, 0.1) is 0 Å². The predicted molar refractivity (Wildman–Crippen MR) is 57.9 cm³/mol. The molecule has 0 aliphatic heterocycles. The molecule has 0 atom stereocenters. The van der Waals surface area contributed by atoms with E-state index in [-0.39, 0.29) is 0 Å². The molecule has 0 aromatic heterocycles. The summed E-state index contributed by atoms with van der Waals surface area (Å²) in [6.45, 7) is 6.23. The Labute approximate surface area is 82.0 Å². The van der Waals surface area contributed by atoms with Crippen LogP contribution in [0.1, 0.15) is 38.5 Å². The molecular weight excluding hydrogens is 162 g/mol. The van der Waals surface area contributed by atoms with Crippen molar-refractivity contribution in [1.82, 2.24) is 5.32 Å². The smallest absolute Gasteiger partial charge is 0.0431 e. The van der Waals surface area contributed by atoms with E-state index in [2.05, 4.69) is 11.9 Å². The first-order chi connectivity index (χ1) is 6.41. The maximum Gasteiger partial charge on any atom is 0.0431 e. The van der Waals surface area contributed by atoms with Crippen LogP contribution in [0.3, 0.4) is 0 Å². The van der Waals surface area contributed by atoms with Crippen molar-refractivity contribution in [1.29, 1.82) is 0 Å². The van der Waals surface area contributed by atoms with Crippen LogP contribution in [0.4, 0.5) is 0 Å². The molecule has 0 unspecified atom stereocenters. The lowest BCUT2D eigenvalue weighted by atomic mass is 10.2. The van der Waals surface area contributed by atoms with Crippen LogP contribution < -0.4 is 5.32 Å². The maximum atomic E-state index is 8.54. The number of hydrogen-bond acceptors (Lipinski definition) is 2. The molecule has 0 amide bonds. The van der Waals surface area contributed by atoms with Crippen LogP contribution >= 0.6 is 0 Å². The van der Waals surface area contributed by atoms with Gasteiger partial charge in [-0.2, -0.15) is 0 Å². The first-order valence-electron chi connectivity index (χ1n) is 5.34. The van der Waals surface area contributed by atoms with E-state index in [0.717, 1.165) is 32.4 Å². The zero-order valence-electron chi connectivity index (χ0n) is 8.60. The van der Waals surface area contributed by atoms with Gasteiger partial charge in [-0.1, -0.05) is 6.08 Å². The molecule has 0 spiro atoms. The van der Waals surface area contributed by atoms with Gasteiger partial charge in [0.25, 0.3) is 0 Å². The van der Waals surface area contributed by atoms with E-state index in [0.29, 0.717) is 6.61 Å². The first kappa shape index (κ1) is 12.7. The summed E-state index contributed by atoms with van der Waals surface area (Å²) in [6, 6.07) is 0. The molecule has 0 aliphatic rings. The molecule has 78 valence electrons. The van der Waals surface area contributed by atoms with Crippen LogP contribution in [0.2, 0.25) is 0 Å². The Hall–Kier alpha value is -0.340. The summed E-state index contributed by atoms with van der Waals surface area (Å²) in [7, 11) is 0. The second-order valence-corrected chi connectivity index (χ2v) is 3.32. The second-order valence-electron chi connectivity index (χ2n) is 3.32. The monoisotopic (exact) mass is 185 g/mol. The highest BCUT2D eigenvalue weighted by Crippen LogP contribution is 1.95. The van der Waals surface area contributed by atoms with Crippen molar-refractivity contribution < 1.29 is 5.11 Å². The SMILES string of the molecule is C=CCCCCNCCCCCO. The third-order valence-electron chi connectivity index (χ3n) is 2.02. The molecule has 2 N–H and O–H groups in total. The molecule has 13 heavy (non-hydrogen) atoms. The molecule has 2 heteroatoms. The van der Waals surface area contributed by atoms with Gasteiger partial charge in [0, 0.05) is 6.61 Å². The number of aliphatic hydroxyl groups excluding tert-OH is 1. The van der Waals surface area contributed by atoms with Crippen LogP contribution in [0.15, 0.2) is 12.7 Å². The highest BCUT2D eigenvalue weighted by Gasteiger charge is 1.89. The lowest BCUT2D eigenvalue weighted by Gasteiger charge is -2.02. The summed E-state index contributed by atoms with van der Waals surface area (Å²) in [5, 5.41) is 11.9. The van der Waals surface area contributed by atoms with Gasteiger partial charge in [0.2, 0.25) is 0 Å². The Balaban J connectivity index is 2.79. The first-order valence-corrected chi connectivity index (χ1v) is 5.34. The van der Waals surface area contributed by atoms with E-state index in [4.69, 9.17) is 5.11 Å². The van der Waals surface area contributed by atoms with E-state index < -0.39 is 0 Å². The van der Waals surface area contributed by atoms with Crippen LogP contribution in [0.5, 0.6) is 0 Å². The van der Waals surface area contributed by atoms with E-state index >= 15 is 0 Å².